The third-order valence-electron chi connectivity index (χ3n) is 6.20. The second-order valence-corrected chi connectivity index (χ2v) is 8.98. The van der Waals surface area contributed by atoms with Crippen LogP contribution in [0.2, 0.25) is 0 Å². The molecule has 4 heterocycles. The fourth-order valence-electron chi connectivity index (χ4n) is 4.25. The van der Waals surface area contributed by atoms with Crippen LogP contribution in [-0.2, 0) is 10.9 Å². The maximum Gasteiger partial charge on any atom is 0.421 e. The molecule has 0 aromatic carbocycles. The lowest BCUT2D eigenvalue weighted by Gasteiger charge is -2.19. The molecule has 2 N–H and O–H groups in total. The smallest absolute Gasteiger partial charge is 0.421 e. The van der Waals surface area contributed by atoms with Crippen LogP contribution in [0.25, 0.3) is 0 Å². The van der Waals surface area contributed by atoms with Gasteiger partial charge in [0.25, 0.3) is 0 Å². The Morgan fingerprint density at radius 2 is 2.09 bits per heavy atom. The van der Waals surface area contributed by atoms with Crippen LogP contribution in [0.5, 0.6) is 0 Å². The average Bonchev–Trinajstić information content (AvgIpc) is 3.32. The van der Waals surface area contributed by atoms with E-state index in [1.807, 2.05) is 17.8 Å². The van der Waals surface area contributed by atoms with Gasteiger partial charge in [0.1, 0.15) is 11.4 Å². The van der Waals surface area contributed by atoms with Crippen LogP contribution in [0.4, 0.5) is 35.4 Å². The predicted molar refractivity (Wildman–Crippen MR) is 124 cm³/mol. The number of likely N-dealkylation sites (tertiary alicyclic amines) is 1. The first kappa shape index (κ1) is 25.0. The molecule has 2 aromatic rings. The van der Waals surface area contributed by atoms with Crippen molar-refractivity contribution in [3.8, 4) is 0 Å². The number of rotatable bonds is 8. The van der Waals surface area contributed by atoms with Crippen molar-refractivity contribution in [2.75, 3.05) is 57.0 Å². The van der Waals surface area contributed by atoms with Crippen molar-refractivity contribution in [3.63, 3.8) is 0 Å². The van der Waals surface area contributed by atoms with Crippen LogP contribution in [0.3, 0.4) is 0 Å². The quantitative estimate of drug-likeness (QED) is 0.535. The van der Waals surface area contributed by atoms with Crippen LogP contribution in [-0.4, -0.2) is 82.0 Å². The van der Waals surface area contributed by atoms with Crippen molar-refractivity contribution in [2.45, 2.75) is 44.8 Å². The lowest BCUT2D eigenvalue weighted by molar-refractivity contribution is -0.137. The molecule has 0 spiro atoms. The van der Waals surface area contributed by atoms with Gasteiger partial charge in [-0.2, -0.15) is 23.3 Å². The normalized spacial score (nSPS) is 19.5. The number of hydrogen-bond donors (Lipinski definition) is 2. The van der Waals surface area contributed by atoms with Crippen LogP contribution < -0.4 is 10.6 Å². The molecule has 2 aliphatic heterocycles. The number of hydrogen-bond acceptors (Lipinski definition) is 8. The summed E-state index contributed by atoms with van der Waals surface area (Å²) < 4.78 is 47.6. The molecule has 1 atom stereocenters. The summed E-state index contributed by atoms with van der Waals surface area (Å²) >= 11 is 0. The highest BCUT2D eigenvalue weighted by atomic mass is 19.4. The van der Waals surface area contributed by atoms with Gasteiger partial charge in [0.05, 0.1) is 24.0 Å². The van der Waals surface area contributed by atoms with Gasteiger partial charge in [0, 0.05) is 38.6 Å². The summed E-state index contributed by atoms with van der Waals surface area (Å²) in [5, 5.41) is 10.3. The molecule has 2 aliphatic rings. The minimum absolute atomic E-state index is 0.0442. The highest BCUT2D eigenvalue weighted by Gasteiger charge is 2.35. The molecule has 0 aliphatic carbocycles. The Kier molecular flexibility index (Phi) is 7.63. The summed E-state index contributed by atoms with van der Waals surface area (Å²) in [5.41, 5.74) is 0.408. The number of anilines is 3. The molecule has 2 saturated heterocycles. The predicted octanol–water partition coefficient (Wildman–Crippen LogP) is 3.65. The fourth-order valence-corrected chi connectivity index (χ4v) is 4.25. The third kappa shape index (κ3) is 6.32. The molecule has 192 valence electrons. The molecule has 1 unspecified atom stereocenters. The molecule has 35 heavy (non-hydrogen) atoms. The summed E-state index contributed by atoms with van der Waals surface area (Å²) in [7, 11) is 2.06. The van der Waals surface area contributed by atoms with Crippen molar-refractivity contribution in [2.24, 2.45) is 0 Å². The first-order valence-corrected chi connectivity index (χ1v) is 11.8. The van der Waals surface area contributed by atoms with E-state index in [2.05, 4.69) is 37.6 Å². The van der Waals surface area contributed by atoms with Gasteiger partial charge < -0.3 is 25.2 Å². The van der Waals surface area contributed by atoms with E-state index in [0.717, 1.165) is 38.5 Å². The average molecular weight is 497 g/mol. The number of aromatic nitrogens is 4. The molecule has 0 radical (unpaired) electrons. The molecule has 0 saturated carbocycles. The van der Waals surface area contributed by atoms with Gasteiger partial charge in [-0.1, -0.05) is 0 Å². The van der Waals surface area contributed by atoms with Gasteiger partial charge in [-0.15, -0.1) is 0 Å². The van der Waals surface area contributed by atoms with E-state index in [1.165, 1.54) is 0 Å². The van der Waals surface area contributed by atoms with E-state index in [-0.39, 0.29) is 30.4 Å². The number of nitrogens with one attached hydrogen (secondary N) is 2. The highest BCUT2D eigenvalue weighted by Crippen LogP contribution is 2.34. The number of halogens is 3. The number of ether oxygens (including phenoxy) is 1. The molecular formula is C22H31F3N8O2. The van der Waals surface area contributed by atoms with Gasteiger partial charge in [-0.05, 0) is 46.2 Å². The zero-order valence-electron chi connectivity index (χ0n) is 19.9. The molecule has 2 aromatic heterocycles. The van der Waals surface area contributed by atoms with Gasteiger partial charge in [-0.25, -0.2) is 9.78 Å². The Balaban J connectivity index is 1.42. The Labute approximate surface area is 201 Å². The van der Waals surface area contributed by atoms with Crippen molar-refractivity contribution >= 4 is 23.5 Å². The van der Waals surface area contributed by atoms with Crippen molar-refractivity contribution in [1.29, 1.82) is 0 Å². The van der Waals surface area contributed by atoms with Gasteiger partial charge >= 0.3 is 12.3 Å². The van der Waals surface area contributed by atoms with Crippen LogP contribution >= 0.6 is 0 Å². The maximum absolute atomic E-state index is 13.5. The molecule has 2 fully saturated rings. The van der Waals surface area contributed by atoms with Crippen LogP contribution in [0.1, 0.15) is 43.0 Å². The van der Waals surface area contributed by atoms with E-state index in [9.17, 15) is 18.0 Å². The second-order valence-electron chi connectivity index (χ2n) is 8.98. The van der Waals surface area contributed by atoms with Crippen molar-refractivity contribution < 1.29 is 22.7 Å². The van der Waals surface area contributed by atoms with Crippen LogP contribution in [0.15, 0.2) is 12.4 Å². The number of nitrogens with zero attached hydrogens (tertiary/aromatic N) is 6. The van der Waals surface area contributed by atoms with E-state index in [0.29, 0.717) is 37.5 Å². The molecule has 13 heteroatoms. The number of carbonyl (C=O) groups excluding carboxylic acids is 1. The van der Waals surface area contributed by atoms with Crippen molar-refractivity contribution in [3.05, 3.63) is 23.7 Å². The number of likely N-dealkylation sites (N-methyl/N-ethyl adjacent to an activating group) is 1. The Bertz CT molecular complexity index is 1030. The Morgan fingerprint density at radius 3 is 2.83 bits per heavy atom. The van der Waals surface area contributed by atoms with E-state index >= 15 is 0 Å². The summed E-state index contributed by atoms with van der Waals surface area (Å²) in [6, 6.07) is 0.251. The fraction of sp³-hybridized carbons (Fsp3) is 0.636. The SMILES string of the molecule is Cc1nn(C2CCN(C)C2)cc1Nc1ncc(C(F)(F)F)c(NCCCN2CCCCOC2=O)n1. The first-order chi connectivity index (χ1) is 16.7. The Morgan fingerprint density at radius 1 is 1.26 bits per heavy atom. The summed E-state index contributed by atoms with van der Waals surface area (Å²) in [4.78, 5) is 23.7. The summed E-state index contributed by atoms with van der Waals surface area (Å²) in [5.74, 6) is -0.265. The minimum atomic E-state index is -4.61. The van der Waals surface area contributed by atoms with Gasteiger partial charge in [0.2, 0.25) is 5.95 Å². The standard InChI is InChI=1S/C22H31F3N8O2/c1-15-18(14-33(30-15)16-6-10-31(2)13-16)28-20-27-12-17(22(23,24)25)19(29-20)26-7-5-9-32-8-3-4-11-35-21(32)34/h12,14,16H,3-11,13H2,1-2H3,(H2,26,27,28,29). The third-order valence-corrected chi connectivity index (χ3v) is 6.20. The van der Waals surface area contributed by atoms with Crippen LogP contribution in [0, 0.1) is 6.92 Å². The second kappa shape index (κ2) is 10.7. The van der Waals surface area contributed by atoms with Gasteiger partial charge in [-0.3, -0.25) is 4.68 Å². The zero-order chi connectivity index (χ0) is 25.0. The first-order valence-electron chi connectivity index (χ1n) is 11.8. The monoisotopic (exact) mass is 496 g/mol. The Hall–Kier alpha value is -3.09. The minimum Gasteiger partial charge on any atom is -0.449 e. The molecule has 4 rings (SSSR count). The molecule has 10 nitrogen and oxygen atoms in total. The molecule has 0 bridgehead atoms. The number of cyclic esters (lactones) is 1. The van der Waals surface area contributed by atoms with Crippen molar-refractivity contribution in [1.82, 2.24) is 29.5 Å². The number of amides is 1. The lowest BCUT2D eigenvalue weighted by atomic mass is 10.2. The van der Waals surface area contributed by atoms with Gasteiger partial charge in [0.15, 0.2) is 0 Å². The topological polar surface area (TPSA) is 100 Å². The lowest BCUT2D eigenvalue weighted by Crippen LogP contribution is -2.32. The van der Waals surface area contributed by atoms with E-state index < -0.39 is 11.7 Å². The molecular weight excluding hydrogens is 465 g/mol. The van der Waals surface area contributed by atoms with E-state index in [1.54, 1.807) is 4.90 Å². The van der Waals surface area contributed by atoms with E-state index in [4.69, 9.17) is 4.74 Å². The number of aryl methyl sites for hydroxylation is 1. The largest absolute Gasteiger partial charge is 0.449 e. The summed E-state index contributed by atoms with van der Waals surface area (Å²) in [6.07, 6.45) is 0.701. The number of carbonyl (C=O) groups is 1. The maximum atomic E-state index is 13.5. The number of alkyl halides is 3. The molecule has 1 amide bonds. The highest BCUT2D eigenvalue weighted by molar-refractivity contribution is 5.67. The zero-order valence-corrected chi connectivity index (χ0v) is 19.9. The summed E-state index contributed by atoms with van der Waals surface area (Å²) in [6.45, 7) is 5.28.